The van der Waals surface area contributed by atoms with Gasteiger partial charge in [-0.15, -0.1) is 0 Å². The maximum absolute atomic E-state index is 12.9. The van der Waals surface area contributed by atoms with Gasteiger partial charge in [-0.05, 0) is 43.7 Å². The monoisotopic (exact) mass is 267 g/mol. The van der Waals surface area contributed by atoms with Gasteiger partial charge in [-0.3, -0.25) is 14.5 Å². The van der Waals surface area contributed by atoms with Crippen molar-refractivity contribution in [3.63, 3.8) is 0 Å². The van der Waals surface area contributed by atoms with Crippen LogP contribution in [-0.2, 0) is 9.59 Å². The Morgan fingerprint density at radius 2 is 1.90 bits per heavy atom. The highest BCUT2D eigenvalue weighted by atomic mass is 16.2. The van der Waals surface area contributed by atoms with E-state index in [9.17, 15) is 9.59 Å². The second kappa shape index (κ2) is 3.81. The van der Waals surface area contributed by atoms with Gasteiger partial charge < -0.3 is 0 Å². The zero-order chi connectivity index (χ0) is 13.9. The van der Waals surface area contributed by atoms with E-state index in [0.717, 1.165) is 18.4 Å². The number of carbonyl (C=O) groups is 2. The number of anilines is 1. The maximum atomic E-state index is 12.9. The van der Waals surface area contributed by atoms with Crippen LogP contribution in [0.5, 0.6) is 0 Å². The Morgan fingerprint density at radius 3 is 2.50 bits per heavy atom. The van der Waals surface area contributed by atoms with E-state index in [2.05, 4.69) is 12.2 Å². The van der Waals surface area contributed by atoms with Gasteiger partial charge in [0, 0.05) is 6.42 Å². The quantitative estimate of drug-likeness (QED) is 0.579. The first-order chi connectivity index (χ1) is 9.60. The molecule has 0 unspecified atom stereocenters. The van der Waals surface area contributed by atoms with Gasteiger partial charge in [-0.25, -0.2) is 0 Å². The number of imide groups is 1. The van der Waals surface area contributed by atoms with Gasteiger partial charge in [0.05, 0.1) is 11.1 Å². The number of rotatable bonds is 1. The lowest BCUT2D eigenvalue weighted by Gasteiger charge is -2.28. The summed E-state index contributed by atoms with van der Waals surface area (Å²) in [6, 6.07) is 7.63. The van der Waals surface area contributed by atoms with Crippen LogP contribution in [0.25, 0.3) is 0 Å². The highest BCUT2D eigenvalue weighted by molar-refractivity contribution is 6.23. The molecule has 1 saturated carbocycles. The molecule has 1 aromatic rings. The molecule has 20 heavy (non-hydrogen) atoms. The molecule has 2 aliphatic carbocycles. The number of carbonyl (C=O) groups excluding carboxylic acids is 2. The number of aryl methyl sites for hydroxylation is 1. The highest BCUT2D eigenvalue weighted by Crippen LogP contribution is 2.57. The molecule has 1 aliphatic heterocycles. The average Bonchev–Trinajstić information content (AvgIpc) is 3.07. The summed E-state index contributed by atoms with van der Waals surface area (Å²) in [4.78, 5) is 26.7. The van der Waals surface area contributed by atoms with Gasteiger partial charge in [-0.1, -0.05) is 29.8 Å². The zero-order valence-corrected chi connectivity index (χ0v) is 11.5. The molecule has 3 atom stereocenters. The van der Waals surface area contributed by atoms with Gasteiger partial charge in [0.2, 0.25) is 11.8 Å². The van der Waals surface area contributed by atoms with Crippen LogP contribution in [-0.4, -0.2) is 11.8 Å². The number of nitrogens with zero attached hydrogens (tertiary/aromatic N) is 1. The molecule has 1 spiro atoms. The molecule has 102 valence electrons. The van der Waals surface area contributed by atoms with Crippen molar-refractivity contribution in [2.75, 3.05) is 4.90 Å². The third-order valence-electron chi connectivity index (χ3n) is 5.15. The van der Waals surface area contributed by atoms with E-state index < -0.39 is 5.41 Å². The van der Waals surface area contributed by atoms with Crippen LogP contribution in [0.1, 0.15) is 24.8 Å². The Bertz CT molecular complexity index is 631. The van der Waals surface area contributed by atoms with E-state index in [0.29, 0.717) is 18.0 Å². The fraction of sp³-hybridized carbons (Fsp3) is 0.412. The fourth-order valence-corrected chi connectivity index (χ4v) is 4.12. The Hall–Kier alpha value is -1.90. The van der Waals surface area contributed by atoms with Gasteiger partial charge in [-0.2, -0.15) is 0 Å². The highest BCUT2D eigenvalue weighted by Gasteiger charge is 2.60. The van der Waals surface area contributed by atoms with E-state index in [1.54, 1.807) is 0 Å². The lowest BCUT2D eigenvalue weighted by atomic mass is 9.74. The molecule has 1 saturated heterocycles. The molecule has 0 N–H and O–H groups in total. The van der Waals surface area contributed by atoms with E-state index in [-0.39, 0.29) is 17.7 Å². The number of benzene rings is 1. The summed E-state index contributed by atoms with van der Waals surface area (Å²) in [6.45, 7) is 2.00. The molecule has 2 amide bonds. The average molecular weight is 267 g/mol. The van der Waals surface area contributed by atoms with Crippen LogP contribution in [0.4, 0.5) is 5.69 Å². The SMILES string of the molecule is Cc1ccc(N2C(=O)C[C@]3(C[C@@H]4C=C[C@H]3C4)C2=O)cc1. The standard InChI is InChI=1S/C17H17NO2/c1-11-2-6-14(7-3-11)18-15(19)10-17(16(18)20)9-12-4-5-13(17)8-12/h2-7,12-13H,8-10H2,1H3/t12-,13+,17+/m1/s1. The molecule has 2 fully saturated rings. The van der Waals surface area contributed by atoms with Crippen molar-refractivity contribution in [3.8, 4) is 0 Å². The van der Waals surface area contributed by atoms with E-state index in [1.807, 2.05) is 31.2 Å². The van der Waals surface area contributed by atoms with E-state index in [1.165, 1.54) is 4.90 Å². The predicted octanol–water partition coefficient (Wildman–Crippen LogP) is 2.84. The van der Waals surface area contributed by atoms with Crippen molar-refractivity contribution in [1.82, 2.24) is 0 Å². The fourth-order valence-electron chi connectivity index (χ4n) is 4.12. The van der Waals surface area contributed by atoms with Gasteiger partial charge in [0.25, 0.3) is 0 Å². The number of hydrogen-bond donors (Lipinski definition) is 0. The molecule has 3 nitrogen and oxygen atoms in total. The first-order valence-electron chi connectivity index (χ1n) is 7.22. The predicted molar refractivity (Wildman–Crippen MR) is 76.1 cm³/mol. The molecule has 3 heteroatoms. The number of hydrogen-bond acceptors (Lipinski definition) is 2. The van der Waals surface area contributed by atoms with Crippen molar-refractivity contribution in [1.29, 1.82) is 0 Å². The minimum atomic E-state index is -0.443. The van der Waals surface area contributed by atoms with Crippen molar-refractivity contribution in [3.05, 3.63) is 42.0 Å². The third-order valence-corrected chi connectivity index (χ3v) is 5.15. The van der Waals surface area contributed by atoms with Crippen molar-refractivity contribution < 1.29 is 9.59 Å². The summed E-state index contributed by atoms with van der Waals surface area (Å²) in [5.74, 6) is 0.733. The lowest BCUT2D eigenvalue weighted by molar-refractivity contribution is -0.126. The van der Waals surface area contributed by atoms with Gasteiger partial charge >= 0.3 is 0 Å². The maximum Gasteiger partial charge on any atom is 0.241 e. The summed E-state index contributed by atoms with van der Waals surface area (Å²) in [5, 5.41) is 0. The van der Waals surface area contributed by atoms with E-state index in [4.69, 9.17) is 0 Å². The topological polar surface area (TPSA) is 37.4 Å². The number of allylic oxidation sites excluding steroid dienone is 2. The Labute approximate surface area is 118 Å². The van der Waals surface area contributed by atoms with Crippen molar-refractivity contribution >= 4 is 17.5 Å². The Morgan fingerprint density at radius 1 is 1.15 bits per heavy atom. The smallest absolute Gasteiger partial charge is 0.241 e. The van der Waals surface area contributed by atoms with Crippen LogP contribution >= 0.6 is 0 Å². The van der Waals surface area contributed by atoms with Crippen LogP contribution in [0, 0.1) is 24.2 Å². The summed E-state index contributed by atoms with van der Waals surface area (Å²) in [7, 11) is 0. The van der Waals surface area contributed by atoms with Crippen LogP contribution < -0.4 is 4.90 Å². The van der Waals surface area contributed by atoms with Gasteiger partial charge in [0.15, 0.2) is 0 Å². The summed E-state index contributed by atoms with van der Waals surface area (Å²) < 4.78 is 0. The van der Waals surface area contributed by atoms with Crippen molar-refractivity contribution in [2.24, 2.45) is 17.3 Å². The Balaban J connectivity index is 1.73. The molecule has 4 rings (SSSR count). The summed E-state index contributed by atoms with van der Waals surface area (Å²) in [5.41, 5.74) is 1.40. The molecule has 1 aromatic carbocycles. The van der Waals surface area contributed by atoms with E-state index >= 15 is 0 Å². The second-order valence-corrected chi connectivity index (χ2v) is 6.39. The number of amides is 2. The normalized spacial score (nSPS) is 34.8. The second-order valence-electron chi connectivity index (χ2n) is 6.39. The minimum absolute atomic E-state index is 0.0169. The molecular weight excluding hydrogens is 250 g/mol. The van der Waals surface area contributed by atoms with Crippen LogP contribution in [0.15, 0.2) is 36.4 Å². The molecule has 0 aromatic heterocycles. The molecule has 2 bridgehead atoms. The molecule has 3 aliphatic rings. The Kier molecular flexibility index (Phi) is 2.27. The van der Waals surface area contributed by atoms with Crippen LogP contribution in [0.2, 0.25) is 0 Å². The first-order valence-corrected chi connectivity index (χ1v) is 7.22. The summed E-state index contributed by atoms with van der Waals surface area (Å²) in [6.07, 6.45) is 6.63. The minimum Gasteiger partial charge on any atom is -0.274 e. The van der Waals surface area contributed by atoms with Crippen LogP contribution in [0.3, 0.4) is 0 Å². The largest absolute Gasteiger partial charge is 0.274 e. The number of fused-ring (bicyclic) bond motifs is 3. The van der Waals surface area contributed by atoms with Gasteiger partial charge in [0.1, 0.15) is 0 Å². The molecule has 1 heterocycles. The molecule has 0 radical (unpaired) electrons. The summed E-state index contributed by atoms with van der Waals surface area (Å²) >= 11 is 0. The first kappa shape index (κ1) is 11.9. The zero-order valence-electron chi connectivity index (χ0n) is 11.5. The van der Waals surface area contributed by atoms with Crippen molar-refractivity contribution in [2.45, 2.75) is 26.2 Å². The molecular formula is C17H17NO2. The third kappa shape index (κ3) is 1.41. The lowest BCUT2D eigenvalue weighted by Crippen LogP contribution is -2.38.